The van der Waals surface area contributed by atoms with Crippen LogP contribution in [0.3, 0.4) is 0 Å². The Balaban J connectivity index is 1.64. The van der Waals surface area contributed by atoms with Gasteiger partial charge in [-0.25, -0.2) is 0 Å². The molecule has 7 heteroatoms. The normalized spacial score (nSPS) is 11.6. The van der Waals surface area contributed by atoms with Crippen molar-refractivity contribution >= 4 is 29.1 Å². The van der Waals surface area contributed by atoms with Crippen molar-refractivity contribution in [2.24, 2.45) is 0 Å². The molecule has 3 rings (SSSR count). The minimum Gasteiger partial charge on any atom is -0.489 e. The van der Waals surface area contributed by atoms with E-state index in [-0.39, 0.29) is 17.9 Å². The first kappa shape index (κ1) is 25.1. The maximum atomic E-state index is 12.8. The molecule has 0 aromatic heterocycles. The molecule has 0 saturated carbocycles. The summed E-state index contributed by atoms with van der Waals surface area (Å²) in [5.74, 6) is 0.0919. The zero-order valence-electron chi connectivity index (χ0n) is 19.6. The van der Waals surface area contributed by atoms with Crippen LogP contribution in [0.2, 0.25) is 5.02 Å². The number of halogens is 1. The number of carbonyl (C=O) groups is 2. The minimum atomic E-state index is -0.735. The first-order valence-electron chi connectivity index (χ1n) is 11.2. The minimum absolute atomic E-state index is 0.213. The fraction of sp³-hybridized carbons (Fsp3) is 0.259. The lowest BCUT2D eigenvalue weighted by Crippen LogP contribution is -2.47. The highest BCUT2D eigenvalue weighted by molar-refractivity contribution is 6.33. The molecule has 2 amide bonds. The lowest BCUT2D eigenvalue weighted by atomic mass is 10.0. The summed E-state index contributed by atoms with van der Waals surface area (Å²) in [6, 6.07) is 22.0. The summed E-state index contributed by atoms with van der Waals surface area (Å²) in [6.45, 7) is 4.49. The van der Waals surface area contributed by atoms with Crippen LogP contribution in [0.5, 0.6) is 5.75 Å². The number of rotatable bonds is 10. The van der Waals surface area contributed by atoms with Crippen molar-refractivity contribution < 1.29 is 14.3 Å². The van der Waals surface area contributed by atoms with Gasteiger partial charge >= 0.3 is 0 Å². The summed E-state index contributed by atoms with van der Waals surface area (Å²) in [7, 11) is 1.55. The SMILES string of the molecule is CNC(=O)C(Cc1ccc(OCc2ccccc2)cc1)NC(=O)c1ccc(NC(C)C)c(Cl)c1. The third-order valence-electron chi connectivity index (χ3n) is 5.16. The van der Waals surface area contributed by atoms with Gasteiger partial charge in [0.15, 0.2) is 0 Å². The standard InChI is InChI=1S/C27H30ClN3O3/c1-18(2)30-24-14-11-21(16-23(24)28)26(32)31-25(27(33)29-3)15-19-9-12-22(13-10-19)34-17-20-7-5-4-6-8-20/h4-14,16,18,25,30H,15,17H2,1-3H3,(H,29,33)(H,31,32). The zero-order valence-corrected chi connectivity index (χ0v) is 20.4. The lowest BCUT2D eigenvalue weighted by Gasteiger charge is -2.18. The number of carbonyl (C=O) groups excluding carboxylic acids is 2. The number of hydrogen-bond donors (Lipinski definition) is 3. The molecule has 3 aromatic rings. The van der Waals surface area contributed by atoms with Gasteiger partial charge in [0.05, 0.1) is 10.7 Å². The maximum Gasteiger partial charge on any atom is 0.251 e. The molecule has 178 valence electrons. The summed E-state index contributed by atoms with van der Waals surface area (Å²) in [5, 5.41) is 9.11. The molecule has 1 atom stereocenters. The molecule has 3 aromatic carbocycles. The first-order chi connectivity index (χ1) is 16.4. The fourth-order valence-electron chi connectivity index (χ4n) is 3.41. The number of anilines is 1. The van der Waals surface area contributed by atoms with Crippen LogP contribution in [0.15, 0.2) is 72.8 Å². The van der Waals surface area contributed by atoms with Crippen molar-refractivity contribution in [2.45, 2.75) is 39.0 Å². The van der Waals surface area contributed by atoms with Crippen molar-refractivity contribution in [1.82, 2.24) is 10.6 Å². The van der Waals surface area contributed by atoms with Gasteiger partial charge < -0.3 is 20.7 Å². The van der Waals surface area contributed by atoms with E-state index in [2.05, 4.69) is 16.0 Å². The summed E-state index contributed by atoms with van der Waals surface area (Å²) >= 11 is 6.32. The number of hydrogen-bond acceptors (Lipinski definition) is 4. The van der Waals surface area contributed by atoms with Crippen molar-refractivity contribution in [1.29, 1.82) is 0 Å². The van der Waals surface area contributed by atoms with Crippen LogP contribution in [0.1, 0.15) is 35.3 Å². The zero-order chi connectivity index (χ0) is 24.5. The average molecular weight is 480 g/mol. The first-order valence-corrected chi connectivity index (χ1v) is 11.6. The van der Waals surface area contributed by atoms with Gasteiger partial charge in [0.2, 0.25) is 5.91 Å². The Bertz CT molecular complexity index is 1100. The number of ether oxygens (including phenoxy) is 1. The highest BCUT2D eigenvalue weighted by atomic mass is 35.5. The van der Waals surface area contributed by atoms with Gasteiger partial charge in [0.1, 0.15) is 18.4 Å². The Morgan fingerprint density at radius 3 is 2.26 bits per heavy atom. The smallest absolute Gasteiger partial charge is 0.251 e. The molecule has 6 nitrogen and oxygen atoms in total. The summed E-state index contributed by atoms with van der Waals surface area (Å²) in [5.41, 5.74) is 3.13. The fourth-order valence-corrected chi connectivity index (χ4v) is 3.64. The molecule has 0 bridgehead atoms. The Kier molecular flexibility index (Phi) is 8.93. The Morgan fingerprint density at radius 1 is 0.941 bits per heavy atom. The molecule has 1 unspecified atom stereocenters. The molecular formula is C27H30ClN3O3. The second kappa shape index (κ2) is 12.1. The number of likely N-dealkylation sites (N-methyl/N-ethyl adjacent to an activating group) is 1. The second-order valence-corrected chi connectivity index (χ2v) is 8.66. The predicted octanol–water partition coefficient (Wildman–Crippen LogP) is 4.83. The number of nitrogens with one attached hydrogen (secondary N) is 3. The molecule has 0 aliphatic carbocycles. The second-order valence-electron chi connectivity index (χ2n) is 8.26. The molecule has 3 N–H and O–H groups in total. The molecule has 0 saturated heterocycles. The molecule has 0 fully saturated rings. The van der Waals surface area contributed by atoms with Gasteiger partial charge in [0, 0.05) is 25.1 Å². The third-order valence-corrected chi connectivity index (χ3v) is 5.47. The van der Waals surface area contributed by atoms with Crippen molar-refractivity contribution in [2.75, 3.05) is 12.4 Å². The quantitative estimate of drug-likeness (QED) is 0.389. The number of amides is 2. The maximum absolute atomic E-state index is 12.8. The van der Waals surface area contributed by atoms with Crippen LogP contribution in [-0.4, -0.2) is 30.9 Å². The van der Waals surface area contributed by atoms with Crippen LogP contribution in [0.25, 0.3) is 0 Å². The molecular weight excluding hydrogens is 450 g/mol. The van der Waals surface area contributed by atoms with Crippen molar-refractivity contribution in [3.8, 4) is 5.75 Å². The van der Waals surface area contributed by atoms with E-state index in [0.717, 1.165) is 22.6 Å². The van der Waals surface area contributed by atoms with Gasteiger partial charge in [-0.3, -0.25) is 9.59 Å². The van der Waals surface area contributed by atoms with Gasteiger partial charge in [-0.1, -0.05) is 54.1 Å². The van der Waals surface area contributed by atoms with Crippen molar-refractivity contribution in [3.05, 3.63) is 94.5 Å². The topological polar surface area (TPSA) is 79.5 Å². The molecule has 0 spiro atoms. The third kappa shape index (κ3) is 7.25. The van der Waals surface area contributed by atoms with Crippen LogP contribution in [0.4, 0.5) is 5.69 Å². The van der Waals surface area contributed by atoms with E-state index in [4.69, 9.17) is 16.3 Å². The van der Waals surface area contributed by atoms with Crippen LogP contribution < -0.4 is 20.7 Å². The summed E-state index contributed by atoms with van der Waals surface area (Å²) < 4.78 is 5.82. The van der Waals surface area contributed by atoms with E-state index in [1.807, 2.05) is 68.4 Å². The van der Waals surface area contributed by atoms with Crippen LogP contribution >= 0.6 is 11.6 Å². The highest BCUT2D eigenvalue weighted by Gasteiger charge is 2.21. The molecule has 34 heavy (non-hydrogen) atoms. The largest absolute Gasteiger partial charge is 0.489 e. The van der Waals surface area contributed by atoms with Gasteiger partial charge in [0.25, 0.3) is 5.91 Å². The van der Waals surface area contributed by atoms with Crippen molar-refractivity contribution in [3.63, 3.8) is 0 Å². The predicted molar refractivity (Wildman–Crippen MR) is 136 cm³/mol. The van der Waals surface area contributed by atoms with E-state index in [9.17, 15) is 9.59 Å². The molecule has 0 heterocycles. The Morgan fingerprint density at radius 2 is 1.65 bits per heavy atom. The van der Waals surface area contributed by atoms with Crippen LogP contribution in [0, 0.1) is 0 Å². The van der Waals surface area contributed by atoms with E-state index in [1.165, 1.54) is 0 Å². The van der Waals surface area contributed by atoms with E-state index < -0.39 is 6.04 Å². The Hall–Kier alpha value is -3.51. The molecule has 0 aliphatic rings. The monoisotopic (exact) mass is 479 g/mol. The summed E-state index contributed by atoms with van der Waals surface area (Å²) in [4.78, 5) is 25.3. The lowest BCUT2D eigenvalue weighted by molar-refractivity contribution is -0.122. The summed E-state index contributed by atoms with van der Waals surface area (Å²) in [6.07, 6.45) is 0.338. The van der Waals surface area contributed by atoms with Gasteiger partial charge in [-0.15, -0.1) is 0 Å². The highest BCUT2D eigenvalue weighted by Crippen LogP contribution is 2.24. The Labute approximate surface area is 205 Å². The van der Waals surface area contributed by atoms with E-state index >= 15 is 0 Å². The number of benzene rings is 3. The van der Waals surface area contributed by atoms with E-state index in [1.54, 1.807) is 25.2 Å². The van der Waals surface area contributed by atoms with E-state index in [0.29, 0.717) is 23.6 Å². The molecule has 0 radical (unpaired) electrons. The van der Waals surface area contributed by atoms with Crippen LogP contribution in [-0.2, 0) is 17.8 Å². The average Bonchev–Trinajstić information content (AvgIpc) is 2.84. The van der Waals surface area contributed by atoms with Gasteiger partial charge in [-0.2, -0.15) is 0 Å². The molecule has 0 aliphatic heterocycles. The van der Waals surface area contributed by atoms with Gasteiger partial charge in [-0.05, 0) is 55.3 Å².